The summed E-state index contributed by atoms with van der Waals surface area (Å²) in [7, 11) is 0. The number of benzene rings is 3. The van der Waals surface area contributed by atoms with Gasteiger partial charge in [0, 0.05) is 22.3 Å². The largest absolute Gasteiger partial charge is 0.259 e. The smallest absolute Gasteiger partial charge is 0.181 e. The van der Waals surface area contributed by atoms with Crippen LogP contribution >= 0.6 is 0 Å². The lowest BCUT2D eigenvalue weighted by Gasteiger charge is -2.25. The van der Waals surface area contributed by atoms with E-state index in [4.69, 9.17) is 9.97 Å². The van der Waals surface area contributed by atoms with Gasteiger partial charge < -0.3 is 0 Å². The molecule has 6 nitrogen and oxygen atoms in total. The van der Waals surface area contributed by atoms with E-state index in [-0.39, 0.29) is 21.7 Å². The van der Waals surface area contributed by atoms with Crippen molar-refractivity contribution in [3.05, 3.63) is 82.9 Å². The Balaban J connectivity index is 1.49. The summed E-state index contributed by atoms with van der Waals surface area (Å²) in [5, 5.41) is 15.6. The minimum atomic E-state index is 0.0188. The second kappa shape index (κ2) is 10.8. The van der Waals surface area contributed by atoms with Crippen LogP contribution in [-0.2, 0) is 21.7 Å². The van der Waals surface area contributed by atoms with Gasteiger partial charge in [0.25, 0.3) is 0 Å². The van der Waals surface area contributed by atoms with E-state index in [1.807, 2.05) is 18.2 Å². The molecule has 0 aliphatic carbocycles. The second-order valence-corrected chi connectivity index (χ2v) is 16.2. The zero-order chi connectivity index (χ0) is 32.2. The lowest BCUT2D eigenvalue weighted by molar-refractivity contribution is 0.568. The zero-order valence-corrected chi connectivity index (χ0v) is 28.6. The normalized spacial score (nSPS) is 13.0. The highest BCUT2D eigenvalue weighted by atomic mass is 15.2. The SMILES string of the molecule is CC(C)(C)c1cc(-c2nc(-c3cccc(-c4n[nH]c(-c5cc(C(C)(C)C)cc(C(C)(C)C)c5)n4)c3)n[nH]2)cc(C(C)(C)C)c1. The fourth-order valence-electron chi connectivity index (χ4n) is 5.10. The molecule has 2 N–H and O–H groups in total. The Labute approximate surface area is 263 Å². The summed E-state index contributed by atoms with van der Waals surface area (Å²) in [5.41, 5.74) is 9.10. The molecular formula is C38H48N6. The molecule has 0 atom stereocenters. The molecule has 5 aromatic rings. The zero-order valence-electron chi connectivity index (χ0n) is 28.6. The third-order valence-corrected chi connectivity index (χ3v) is 8.23. The molecule has 230 valence electrons. The van der Waals surface area contributed by atoms with E-state index < -0.39 is 0 Å². The Morgan fingerprint density at radius 3 is 1.02 bits per heavy atom. The van der Waals surface area contributed by atoms with Crippen molar-refractivity contribution < 1.29 is 0 Å². The highest BCUT2D eigenvalue weighted by Crippen LogP contribution is 2.35. The van der Waals surface area contributed by atoms with Gasteiger partial charge in [-0.25, -0.2) is 9.97 Å². The van der Waals surface area contributed by atoms with Gasteiger partial charge in [-0.2, -0.15) is 10.2 Å². The van der Waals surface area contributed by atoms with Gasteiger partial charge >= 0.3 is 0 Å². The lowest BCUT2D eigenvalue weighted by Crippen LogP contribution is -2.16. The van der Waals surface area contributed by atoms with Gasteiger partial charge in [0.2, 0.25) is 0 Å². The third kappa shape index (κ3) is 6.69. The van der Waals surface area contributed by atoms with E-state index in [0.29, 0.717) is 11.6 Å². The molecule has 0 saturated heterocycles. The maximum atomic E-state index is 4.93. The van der Waals surface area contributed by atoms with Crippen LogP contribution in [0.15, 0.2) is 60.7 Å². The molecule has 0 aliphatic rings. The van der Waals surface area contributed by atoms with Crippen LogP contribution in [-0.4, -0.2) is 30.4 Å². The molecule has 2 aromatic heterocycles. The summed E-state index contributed by atoms with van der Waals surface area (Å²) in [5.74, 6) is 2.80. The molecular weight excluding hydrogens is 540 g/mol. The van der Waals surface area contributed by atoms with Gasteiger partial charge in [-0.3, -0.25) is 10.2 Å². The maximum absolute atomic E-state index is 4.93. The minimum absolute atomic E-state index is 0.0188. The molecule has 0 bridgehead atoms. The first-order valence-corrected chi connectivity index (χ1v) is 15.6. The van der Waals surface area contributed by atoms with E-state index in [1.165, 1.54) is 22.3 Å². The predicted molar refractivity (Wildman–Crippen MR) is 183 cm³/mol. The molecule has 0 unspecified atom stereocenters. The van der Waals surface area contributed by atoms with Gasteiger partial charge in [0.15, 0.2) is 23.3 Å². The average Bonchev–Trinajstić information content (AvgIpc) is 3.62. The van der Waals surface area contributed by atoms with Crippen LogP contribution in [0.1, 0.15) is 105 Å². The highest BCUT2D eigenvalue weighted by Gasteiger charge is 2.24. The van der Waals surface area contributed by atoms with Crippen LogP contribution in [0.25, 0.3) is 45.6 Å². The Kier molecular flexibility index (Phi) is 7.72. The molecule has 3 aromatic carbocycles. The third-order valence-electron chi connectivity index (χ3n) is 8.23. The first kappa shape index (κ1) is 31.4. The monoisotopic (exact) mass is 588 g/mol. The number of nitrogens with zero attached hydrogens (tertiary/aromatic N) is 4. The number of hydrogen-bond acceptors (Lipinski definition) is 4. The van der Waals surface area contributed by atoms with Crippen molar-refractivity contribution in [3.8, 4) is 45.6 Å². The summed E-state index contributed by atoms with van der Waals surface area (Å²) < 4.78 is 0. The van der Waals surface area contributed by atoms with E-state index in [9.17, 15) is 0 Å². The molecule has 0 fully saturated rings. The number of nitrogens with one attached hydrogen (secondary N) is 2. The molecule has 2 heterocycles. The van der Waals surface area contributed by atoms with Crippen LogP contribution in [0, 0.1) is 0 Å². The van der Waals surface area contributed by atoms with Crippen molar-refractivity contribution in [1.29, 1.82) is 0 Å². The molecule has 0 amide bonds. The standard InChI is InChI=1S/C38H48N6/c1-35(2,3)27-17-25(18-28(21-27)36(4,5)6)33-39-31(41-43-33)23-14-13-15-24(16-23)32-40-34(44-42-32)26-19-29(37(7,8)9)22-30(20-26)38(10,11)12/h13-22H,1-12H3,(H,39,41,43)(H,40,42,44). The van der Waals surface area contributed by atoms with E-state index in [1.54, 1.807) is 0 Å². The van der Waals surface area contributed by atoms with Crippen LogP contribution in [0.4, 0.5) is 0 Å². The van der Waals surface area contributed by atoms with Crippen LogP contribution in [0.5, 0.6) is 0 Å². The van der Waals surface area contributed by atoms with Gasteiger partial charge in [0.05, 0.1) is 0 Å². The summed E-state index contributed by atoms with van der Waals surface area (Å²) in [6, 6.07) is 21.7. The van der Waals surface area contributed by atoms with Crippen LogP contribution in [0.3, 0.4) is 0 Å². The molecule has 44 heavy (non-hydrogen) atoms. The number of aromatic amines is 2. The Bertz CT molecular complexity index is 1600. The molecule has 0 radical (unpaired) electrons. The highest BCUT2D eigenvalue weighted by molar-refractivity contribution is 5.69. The van der Waals surface area contributed by atoms with Crippen molar-refractivity contribution in [2.45, 2.75) is 105 Å². The average molecular weight is 589 g/mol. The summed E-state index contributed by atoms with van der Waals surface area (Å²) in [6.07, 6.45) is 0. The second-order valence-electron chi connectivity index (χ2n) is 16.2. The van der Waals surface area contributed by atoms with Gasteiger partial charge in [-0.15, -0.1) is 0 Å². The Hall–Kier alpha value is -4.06. The maximum Gasteiger partial charge on any atom is 0.181 e. The fourth-order valence-corrected chi connectivity index (χ4v) is 5.10. The quantitative estimate of drug-likeness (QED) is 0.219. The summed E-state index contributed by atoms with van der Waals surface area (Å²) in [6.45, 7) is 26.9. The number of hydrogen-bond donors (Lipinski definition) is 2. The number of H-pyrrole nitrogens is 2. The van der Waals surface area contributed by atoms with Crippen molar-refractivity contribution in [2.75, 3.05) is 0 Å². The Morgan fingerprint density at radius 2 is 0.727 bits per heavy atom. The Morgan fingerprint density at radius 1 is 0.409 bits per heavy atom. The fraction of sp³-hybridized carbons (Fsp3) is 0.421. The topological polar surface area (TPSA) is 83.1 Å². The van der Waals surface area contributed by atoms with E-state index >= 15 is 0 Å². The van der Waals surface area contributed by atoms with Crippen molar-refractivity contribution in [2.24, 2.45) is 0 Å². The first-order valence-electron chi connectivity index (χ1n) is 15.6. The summed E-state index contributed by atoms with van der Waals surface area (Å²) in [4.78, 5) is 9.87. The van der Waals surface area contributed by atoms with Gasteiger partial charge in [-0.05, 0) is 74.2 Å². The van der Waals surface area contributed by atoms with Crippen molar-refractivity contribution >= 4 is 0 Å². The number of rotatable bonds is 4. The predicted octanol–water partition coefficient (Wildman–Crippen LogP) is 9.78. The van der Waals surface area contributed by atoms with Crippen molar-refractivity contribution in [1.82, 2.24) is 30.4 Å². The van der Waals surface area contributed by atoms with Gasteiger partial charge in [0.1, 0.15) is 0 Å². The molecule has 6 heteroatoms. The molecule has 5 rings (SSSR count). The summed E-state index contributed by atoms with van der Waals surface area (Å²) >= 11 is 0. The van der Waals surface area contributed by atoms with Crippen LogP contribution in [0.2, 0.25) is 0 Å². The minimum Gasteiger partial charge on any atom is -0.259 e. The number of aromatic nitrogens is 6. The van der Waals surface area contributed by atoms with E-state index in [2.05, 4.69) is 146 Å². The van der Waals surface area contributed by atoms with Crippen LogP contribution < -0.4 is 0 Å². The lowest BCUT2D eigenvalue weighted by atomic mass is 9.79. The molecule has 0 aliphatic heterocycles. The van der Waals surface area contributed by atoms with Crippen molar-refractivity contribution in [3.63, 3.8) is 0 Å². The first-order chi connectivity index (χ1) is 20.3. The van der Waals surface area contributed by atoms with E-state index in [0.717, 1.165) is 33.9 Å². The van der Waals surface area contributed by atoms with Gasteiger partial charge in [-0.1, -0.05) is 113 Å². The molecule has 0 spiro atoms. The molecule has 0 saturated carbocycles.